The van der Waals surface area contributed by atoms with Crippen LogP contribution in [0.2, 0.25) is 0 Å². The fraction of sp³-hybridized carbons (Fsp3) is 0. The molecule has 0 atom stereocenters. The molecule has 6 nitrogen and oxygen atoms in total. The first-order chi connectivity index (χ1) is 12.6. The van der Waals surface area contributed by atoms with E-state index >= 15 is 0 Å². The number of rotatable bonds is 4. The third kappa shape index (κ3) is 3.99. The van der Waals surface area contributed by atoms with Gasteiger partial charge in [0.15, 0.2) is 5.78 Å². The van der Waals surface area contributed by atoms with Crippen molar-refractivity contribution < 1.29 is 14.4 Å². The van der Waals surface area contributed by atoms with E-state index in [1.54, 1.807) is 36.4 Å². The zero-order valence-electron chi connectivity index (χ0n) is 13.7. The summed E-state index contributed by atoms with van der Waals surface area (Å²) in [6.45, 7) is 0. The predicted molar refractivity (Wildman–Crippen MR) is 95.5 cm³/mol. The second-order valence-electron chi connectivity index (χ2n) is 5.42. The lowest BCUT2D eigenvalue weighted by Crippen LogP contribution is -2.41. The summed E-state index contributed by atoms with van der Waals surface area (Å²) in [5.41, 5.74) is 6.42. The van der Waals surface area contributed by atoms with Crippen LogP contribution in [0, 0.1) is 0 Å². The van der Waals surface area contributed by atoms with E-state index in [1.807, 2.05) is 6.07 Å². The van der Waals surface area contributed by atoms with Crippen LogP contribution in [0.4, 0.5) is 0 Å². The van der Waals surface area contributed by atoms with E-state index in [9.17, 15) is 14.4 Å². The van der Waals surface area contributed by atoms with Gasteiger partial charge in [0.25, 0.3) is 11.8 Å². The highest BCUT2D eigenvalue weighted by Gasteiger charge is 2.11. The van der Waals surface area contributed by atoms with Crippen LogP contribution in [-0.2, 0) is 0 Å². The van der Waals surface area contributed by atoms with Gasteiger partial charge in [-0.3, -0.25) is 30.2 Å². The number of nitrogens with zero attached hydrogens (tertiary/aromatic N) is 1. The molecule has 2 amide bonds. The van der Waals surface area contributed by atoms with Crippen LogP contribution in [0.1, 0.15) is 36.6 Å². The SMILES string of the molecule is O=C(NNC(=O)c1ccc(C(=O)c2ccccc2)cc1)c1ccncc1. The summed E-state index contributed by atoms with van der Waals surface area (Å²) in [4.78, 5) is 40.1. The maximum absolute atomic E-state index is 12.3. The Morgan fingerprint density at radius 2 is 1.04 bits per heavy atom. The Balaban J connectivity index is 1.62. The normalized spacial score (nSPS) is 10.0. The average Bonchev–Trinajstić information content (AvgIpc) is 2.72. The highest BCUT2D eigenvalue weighted by molar-refractivity contribution is 6.09. The van der Waals surface area contributed by atoms with Gasteiger partial charge in [-0.1, -0.05) is 42.5 Å². The molecule has 3 aromatic rings. The number of nitrogens with one attached hydrogen (secondary N) is 2. The lowest BCUT2D eigenvalue weighted by Gasteiger charge is -2.08. The van der Waals surface area contributed by atoms with Crippen molar-refractivity contribution >= 4 is 17.6 Å². The molecule has 0 saturated carbocycles. The molecular weight excluding hydrogens is 330 g/mol. The van der Waals surface area contributed by atoms with Gasteiger partial charge in [-0.2, -0.15) is 0 Å². The summed E-state index contributed by atoms with van der Waals surface area (Å²) < 4.78 is 0. The van der Waals surface area contributed by atoms with Crippen LogP contribution in [0.5, 0.6) is 0 Å². The number of benzene rings is 2. The number of ketones is 1. The van der Waals surface area contributed by atoms with Gasteiger partial charge in [0.05, 0.1) is 0 Å². The molecule has 0 aliphatic carbocycles. The quantitative estimate of drug-likeness (QED) is 0.561. The largest absolute Gasteiger partial charge is 0.289 e. The summed E-state index contributed by atoms with van der Waals surface area (Å²) >= 11 is 0. The van der Waals surface area contributed by atoms with Crippen molar-refractivity contribution in [2.24, 2.45) is 0 Å². The Bertz CT molecular complexity index is 924. The van der Waals surface area contributed by atoms with Crippen molar-refractivity contribution in [3.8, 4) is 0 Å². The van der Waals surface area contributed by atoms with Gasteiger partial charge in [-0.05, 0) is 24.3 Å². The zero-order valence-corrected chi connectivity index (χ0v) is 13.7. The Hall–Kier alpha value is -3.80. The topological polar surface area (TPSA) is 88.2 Å². The van der Waals surface area contributed by atoms with E-state index in [0.717, 1.165) is 0 Å². The fourth-order valence-corrected chi connectivity index (χ4v) is 2.29. The summed E-state index contributed by atoms with van der Waals surface area (Å²) in [6, 6.07) is 18.2. The van der Waals surface area contributed by atoms with Crippen molar-refractivity contribution in [2.75, 3.05) is 0 Å². The summed E-state index contributed by atoms with van der Waals surface area (Å²) in [6.07, 6.45) is 2.97. The van der Waals surface area contributed by atoms with Gasteiger partial charge in [0, 0.05) is 34.6 Å². The summed E-state index contributed by atoms with van der Waals surface area (Å²) in [5.74, 6) is -1.05. The molecule has 2 N–H and O–H groups in total. The Morgan fingerprint density at radius 1 is 0.577 bits per heavy atom. The molecule has 3 rings (SSSR count). The third-order valence-electron chi connectivity index (χ3n) is 3.68. The molecule has 26 heavy (non-hydrogen) atoms. The van der Waals surface area contributed by atoms with E-state index in [1.165, 1.54) is 36.7 Å². The van der Waals surface area contributed by atoms with Gasteiger partial charge in [-0.15, -0.1) is 0 Å². The highest BCUT2D eigenvalue weighted by atomic mass is 16.2. The number of carbonyl (C=O) groups excluding carboxylic acids is 3. The maximum Gasteiger partial charge on any atom is 0.269 e. The third-order valence-corrected chi connectivity index (χ3v) is 3.68. The Morgan fingerprint density at radius 3 is 1.62 bits per heavy atom. The number of amides is 2. The minimum atomic E-state index is -0.480. The lowest BCUT2D eigenvalue weighted by atomic mass is 10.0. The molecule has 0 aliphatic heterocycles. The lowest BCUT2D eigenvalue weighted by molar-refractivity contribution is 0.0846. The van der Waals surface area contributed by atoms with Crippen molar-refractivity contribution in [2.45, 2.75) is 0 Å². The predicted octanol–water partition coefficient (Wildman–Crippen LogP) is 2.39. The smallest absolute Gasteiger partial charge is 0.269 e. The van der Waals surface area contributed by atoms with Gasteiger partial charge in [-0.25, -0.2) is 0 Å². The first-order valence-electron chi connectivity index (χ1n) is 7.85. The first kappa shape index (κ1) is 17.0. The van der Waals surface area contributed by atoms with Crippen molar-refractivity contribution in [1.29, 1.82) is 0 Å². The fourth-order valence-electron chi connectivity index (χ4n) is 2.29. The number of hydrogen-bond acceptors (Lipinski definition) is 4. The Labute approximate surface area is 149 Å². The molecule has 128 valence electrons. The van der Waals surface area contributed by atoms with Gasteiger partial charge < -0.3 is 0 Å². The maximum atomic E-state index is 12.3. The second kappa shape index (κ2) is 7.85. The summed E-state index contributed by atoms with van der Waals surface area (Å²) in [7, 11) is 0. The van der Waals surface area contributed by atoms with E-state index in [-0.39, 0.29) is 5.78 Å². The van der Waals surface area contributed by atoms with E-state index in [4.69, 9.17) is 0 Å². The van der Waals surface area contributed by atoms with Gasteiger partial charge in [0.2, 0.25) is 0 Å². The molecule has 0 radical (unpaired) electrons. The Kier molecular flexibility index (Phi) is 5.14. The molecular formula is C20H15N3O3. The number of aromatic nitrogens is 1. The molecule has 0 saturated heterocycles. The first-order valence-corrected chi connectivity index (χ1v) is 7.85. The van der Waals surface area contributed by atoms with Gasteiger partial charge >= 0.3 is 0 Å². The highest BCUT2D eigenvalue weighted by Crippen LogP contribution is 2.11. The minimum Gasteiger partial charge on any atom is -0.289 e. The van der Waals surface area contributed by atoms with Crippen LogP contribution in [-0.4, -0.2) is 22.6 Å². The molecule has 1 aromatic heterocycles. The van der Waals surface area contributed by atoms with E-state index < -0.39 is 11.8 Å². The number of hydrazine groups is 1. The molecule has 2 aromatic carbocycles. The van der Waals surface area contributed by atoms with E-state index in [0.29, 0.717) is 22.3 Å². The average molecular weight is 345 g/mol. The standard InChI is InChI=1S/C20H15N3O3/c24-18(14-4-2-1-3-5-14)15-6-8-16(9-7-15)19(25)22-23-20(26)17-10-12-21-13-11-17/h1-13H,(H,22,25)(H,23,26). The molecule has 1 heterocycles. The number of carbonyl (C=O) groups is 3. The van der Waals surface area contributed by atoms with Crippen molar-refractivity contribution in [3.05, 3.63) is 101 Å². The zero-order chi connectivity index (χ0) is 18.4. The number of hydrogen-bond donors (Lipinski definition) is 2. The molecule has 0 spiro atoms. The molecule has 0 bridgehead atoms. The monoisotopic (exact) mass is 345 g/mol. The van der Waals surface area contributed by atoms with Crippen molar-refractivity contribution in [3.63, 3.8) is 0 Å². The summed E-state index contributed by atoms with van der Waals surface area (Å²) in [5, 5.41) is 0. The molecule has 0 aliphatic rings. The van der Waals surface area contributed by atoms with Crippen molar-refractivity contribution in [1.82, 2.24) is 15.8 Å². The van der Waals surface area contributed by atoms with Crippen LogP contribution in [0.25, 0.3) is 0 Å². The minimum absolute atomic E-state index is 0.122. The van der Waals surface area contributed by atoms with Crippen LogP contribution >= 0.6 is 0 Å². The van der Waals surface area contributed by atoms with Gasteiger partial charge in [0.1, 0.15) is 0 Å². The molecule has 0 unspecified atom stereocenters. The number of pyridine rings is 1. The van der Waals surface area contributed by atoms with Crippen LogP contribution in [0.15, 0.2) is 79.1 Å². The molecule has 6 heteroatoms. The van der Waals surface area contributed by atoms with Crippen LogP contribution < -0.4 is 10.9 Å². The van der Waals surface area contributed by atoms with Crippen LogP contribution in [0.3, 0.4) is 0 Å². The molecule has 0 fully saturated rings. The second-order valence-corrected chi connectivity index (χ2v) is 5.42. The van der Waals surface area contributed by atoms with E-state index in [2.05, 4.69) is 15.8 Å².